The van der Waals surface area contributed by atoms with E-state index in [1.165, 1.54) is 0 Å². The summed E-state index contributed by atoms with van der Waals surface area (Å²) in [5.41, 5.74) is 7.52. The van der Waals surface area contributed by atoms with E-state index in [-0.39, 0.29) is 11.9 Å². The molecule has 0 saturated carbocycles. The lowest BCUT2D eigenvalue weighted by atomic mass is 10.00. The van der Waals surface area contributed by atoms with Gasteiger partial charge in [0.2, 0.25) is 0 Å². The molecule has 0 aromatic heterocycles. The Bertz CT molecular complexity index is 667. The molecule has 1 amide bonds. The van der Waals surface area contributed by atoms with Gasteiger partial charge in [0.1, 0.15) is 5.75 Å². The largest absolute Gasteiger partial charge is 0.493 e. The highest BCUT2D eigenvalue weighted by atomic mass is 35.5. The van der Waals surface area contributed by atoms with Gasteiger partial charge in [0, 0.05) is 17.7 Å². The molecule has 1 unspecified atom stereocenters. The van der Waals surface area contributed by atoms with Gasteiger partial charge in [0.15, 0.2) is 0 Å². The van der Waals surface area contributed by atoms with E-state index in [1.807, 2.05) is 24.3 Å². The number of hydrogen-bond donors (Lipinski definition) is 2. The summed E-state index contributed by atoms with van der Waals surface area (Å²) < 4.78 is 5.59. The Morgan fingerprint density at radius 2 is 2.05 bits per heavy atom. The first-order valence-corrected chi connectivity index (χ1v) is 7.11. The van der Waals surface area contributed by atoms with Crippen LogP contribution in [0.3, 0.4) is 0 Å². The zero-order chi connectivity index (χ0) is 14.8. The molecule has 5 heteroatoms. The van der Waals surface area contributed by atoms with E-state index < -0.39 is 0 Å². The topological polar surface area (TPSA) is 64.4 Å². The van der Waals surface area contributed by atoms with Crippen LogP contribution in [0.2, 0.25) is 5.02 Å². The number of hydrogen-bond acceptors (Lipinski definition) is 3. The van der Waals surface area contributed by atoms with E-state index in [4.69, 9.17) is 22.1 Å². The second kappa shape index (κ2) is 5.66. The number of benzene rings is 2. The summed E-state index contributed by atoms with van der Waals surface area (Å²) in [5.74, 6) is 0.543. The molecular weight excluding hydrogens is 288 g/mol. The van der Waals surface area contributed by atoms with E-state index in [1.54, 1.807) is 18.2 Å². The third-order valence-electron chi connectivity index (χ3n) is 3.54. The van der Waals surface area contributed by atoms with Gasteiger partial charge in [-0.15, -0.1) is 0 Å². The SMILES string of the molecule is Nc1cccc(Cl)c1C(=O)NC1CCOc2ccccc21. The number of fused-ring (bicyclic) bond motifs is 1. The maximum absolute atomic E-state index is 12.4. The van der Waals surface area contributed by atoms with Crippen molar-refractivity contribution in [1.29, 1.82) is 0 Å². The van der Waals surface area contributed by atoms with Crippen molar-refractivity contribution in [1.82, 2.24) is 5.32 Å². The van der Waals surface area contributed by atoms with Crippen LogP contribution in [0.1, 0.15) is 28.4 Å². The Balaban J connectivity index is 1.86. The van der Waals surface area contributed by atoms with Gasteiger partial charge in [-0.2, -0.15) is 0 Å². The summed E-state index contributed by atoms with van der Waals surface area (Å²) in [7, 11) is 0. The first-order chi connectivity index (χ1) is 10.2. The number of carbonyl (C=O) groups excluding carboxylic acids is 1. The molecular formula is C16H15ClN2O2. The number of para-hydroxylation sites is 1. The van der Waals surface area contributed by atoms with E-state index in [9.17, 15) is 4.79 Å². The molecule has 3 rings (SSSR count). The van der Waals surface area contributed by atoms with Crippen LogP contribution in [-0.2, 0) is 0 Å². The molecule has 1 aliphatic rings. The highest BCUT2D eigenvalue weighted by Gasteiger charge is 2.24. The predicted molar refractivity (Wildman–Crippen MR) is 82.6 cm³/mol. The Morgan fingerprint density at radius 3 is 2.86 bits per heavy atom. The highest BCUT2D eigenvalue weighted by molar-refractivity contribution is 6.34. The summed E-state index contributed by atoms with van der Waals surface area (Å²) in [5, 5.41) is 3.34. The number of anilines is 1. The normalized spacial score (nSPS) is 16.7. The van der Waals surface area contributed by atoms with Crippen molar-refractivity contribution < 1.29 is 9.53 Å². The molecule has 0 fully saturated rings. The smallest absolute Gasteiger partial charge is 0.255 e. The van der Waals surface area contributed by atoms with Crippen molar-refractivity contribution in [3.63, 3.8) is 0 Å². The van der Waals surface area contributed by atoms with Crippen molar-refractivity contribution in [2.75, 3.05) is 12.3 Å². The van der Waals surface area contributed by atoms with Crippen molar-refractivity contribution in [2.45, 2.75) is 12.5 Å². The lowest BCUT2D eigenvalue weighted by molar-refractivity contribution is 0.0926. The summed E-state index contributed by atoms with van der Waals surface area (Å²) in [6, 6.07) is 12.6. The molecule has 0 radical (unpaired) electrons. The third kappa shape index (κ3) is 2.67. The minimum atomic E-state index is -0.264. The molecule has 2 aromatic carbocycles. The summed E-state index contributed by atoms with van der Waals surface area (Å²) in [6.07, 6.45) is 0.715. The van der Waals surface area contributed by atoms with E-state index >= 15 is 0 Å². The van der Waals surface area contributed by atoms with Gasteiger partial charge in [-0.3, -0.25) is 4.79 Å². The number of nitrogens with one attached hydrogen (secondary N) is 1. The van der Waals surface area contributed by atoms with E-state index in [0.29, 0.717) is 29.3 Å². The molecule has 1 heterocycles. The summed E-state index contributed by atoms with van der Waals surface area (Å²) in [6.45, 7) is 0.569. The van der Waals surface area contributed by atoms with Gasteiger partial charge in [-0.25, -0.2) is 0 Å². The molecule has 2 aromatic rings. The molecule has 0 spiro atoms. The van der Waals surface area contributed by atoms with Gasteiger partial charge in [-0.1, -0.05) is 35.9 Å². The molecule has 4 nitrogen and oxygen atoms in total. The number of nitrogen functional groups attached to an aromatic ring is 1. The van der Waals surface area contributed by atoms with Crippen LogP contribution >= 0.6 is 11.6 Å². The van der Waals surface area contributed by atoms with Crippen LogP contribution in [0.5, 0.6) is 5.75 Å². The molecule has 108 valence electrons. The van der Waals surface area contributed by atoms with E-state index in [2.05, 4.69) is 5.32 Å². The van der Waals surface area contributed by atoms with Crippen LogP contribution in [-0.4, -0.2) is 12.5 Å². The first kappa shape index (κ1) is 13.8. The highest BCUT2D eigenvalue weighted by Crippen LogP contribution is 2.32. The van der Waals surface area contributed by atoms with Crippen LogP contribution in [0.25, 0.3) is 0 Å². The van der Waals surface area contributed by atoms with Gasteiger partial charge in [0.25, 0.3) is 5.91 Å². The number of rotatable bonds is 2. The van der Waals surface area contributed by atoms with Gasteiger partial charge in [0.05, 0.1) is 23.2 Å². The van der Waals surface area contributed by atoms with Crippen molar-refractivity contribution >= 4 is 23.2 Å². The Kier molecular flexibility index (Phi) is 3.71. The zero-order valence-corrected chi connectivity index (χ0v) is 12.1. The molecule has 0 aliphatic carbocycles. The Labute approximate surface area is 127 Å². The second-order valence-corrected chi connectivity index (χ2v) is 5.31. The average molecular weight is 303 g/mol. The minimum absolute atomic E-state index is 0.0990. The zero-order valence-electron chi connectivity index (χ0n) is 11.3. The van der Waals surface area contributed by atoms with Gasteiger partial charge < -0.3 is 15.8 Å². The predicted octanol–water partition coefficient (Wildman–Crippen LogP) is 3.18. The molecule has 0 saturated heterocycles. The number of nitrogens with two attached hydrogens (primary N) is 1. The lowest BCUT2D eigenvalue weighted by Gasteiger charge is -2.26. The quantitative estimate of drug-likeness (QED) is 0.837. The second-order valence-electron chi connectivity index (χ2n) is 4.91. The minimum Gasteiger partial charge on any atom is -0.493 e. The first-order valence-electron chi connectivity index (χ1n) is 6.73. The third-order valence-corrected chi connectivity index (χ3v) is 3.85. The summed E-state index contributed by atoms with van der Waals surface area (Å²) in [4.78, 5) is 12.4. The van der Waals surface area contributed by atoms with Crippen molar-refractivity contribution in [2.24, 2.45) is 0 Å². The molecule has 1 aliphatic heterocycles. The number of carbonyl (C=O) groups is 1. The van der Waals surface area contributed by atoms with Gasteiger partial charge >= 0.3 is 0 Å². The number of halogens is 1. The fourth-order valence-electron chi connectivity index (χ4n) is 2.50. The Morgan fingerprint density at radius 1 is 1.24 bits per heavy atom. The van der Waals surface area contributed by atoms with Crippen LogP contribution in [0.15, 0.2) is 42.5 Å². The fourth-order valence-corrected chi connectivity index (χ4v) is 2.77. The van der Waals surface area contributed by atoms with E-state index in [0.717, 1.165) is 11.3 Å². The maximum Gasteiger partial charge on any atom is 0.255 e. The molecule has 21 heavy (non-hydrogen) atoms. The standard InChI is InChI=1S/C16H15ClN2O2/c17-11-5-3-6-12(18)15(11)16(20)19-13-8-9-21-14-7-2-1-4-10(13)14/h1-7,13H,8-9,18H2,(H,19,20). The number of amides is 1. The average Bonchev–Trinajstić information content (AvgIpc) is 2.47. The van der Waals surface area contributed by atoms with Gasteiger partial charge in [-0.05, 0) is 18.2 Å². The van der Waals surface area contributed by atoms with Crippen LogP contribution < -0.4 is 15.8 Å². The van der Waals surface area contributed by atoms with Crippen molar-refractivity contribution in [3.8, 4) is 5.75 Å². The summed E-state index contributed by atoms with van der Waals surface area (Å²) >= 11 is 6.08. The molecule has 0 bridgehead atoms. The monoisotopic (exact) mass is 302 g/mol. The van der Waals surface area contributed by atoms with Crippen LogP contribution in [0.4, 0.5) is 5.69 Å². The van der Waals surface area contributed by atoms with Crippen molar-refractivity contribution in [3.05, 3.63) is 58.6 Å². The number of ether oxygens (including phenoxy) is 1. The maximum atomic E-state index is 12.4. The van der Waals surface area contributed by atoms with Crippen LogP contribution in [0, 0.1) is 0 Å². The molecule has 3 N–H and O–H groups in total. The molecule has 1 atom stereocenters. The Hall–Kier alpha value is -2.20. The lowest BCUT2D eigenvalue weighted by Crippen LogP contribution is -2.32. The fraction of sp³-hybridized carbons (Fsp3) is 0.188.